The lowest BCUT2D eigenvalue weighted by Gasteiger charge is -2.52. The Hall–Kier alpha value is -0.160. The standard InChI is InChI=1S/C13H26O4/c1-4-13(5-2)11(14)10-12(13)17-9-8-16-7-6-15-3/h11-12,14H,4-10H2,1-3H3. The van der Waals surface area contributed by atoms with Crippen molar-refractivity contribution in [2.24, 2.45) is 5.41 Å². The molecule has 102 valence electrons. The number of hydrogen-bond acceptors (Lipinski definition) is 4. The molecule has 0 saturated heterocycles. The van der Waals surface area contributed by atoms with Crippen molar-refractivity contribution in [2.75, 3.05) is 33.5 Å². The van der Waals surface area contributed by atoms with Crippen LogP contribution in [0.1, 0.15) is 33.1 Å². The lowest BCUT2D eigenvalue weighted by Crippen LogP contribution is -2.57. The lowest BCUT2D eigenvalue weighted by atomic mass is 9.60. The Bertz CT molecular complexity index is 204. The summed E-state index contributed by atoms with van der Waals surface area (Å²) in [7, 11) is 1.66. The van der Waals surface area contributed by atoms with Gasteiger partial charge in [0.2, 0.25) is 0 Å². The second-order valence-corrected chi connectivity index (χ2v) is 4.66. The van der Waals surface area contributed by atoms with E-state index in [1.165, 1.54) is 0 Å². The molecule has 0 spiro atoms. The minimum atomic E-state index is -0.197. The number of aliphatic hydroxyl groups is 1. The van der Waals surface area contributed by atoms with Gasteiger partial charge in [-0.1, -0.05) is 13.8 Å². The van der Waals surface area contributed by atoms with Crippen LogP contribution in [-0.4, -0.2) is 50.9 Å². The molecule has 4 heteroatoms. The fourth-order valence-electron chi connectivity index (χ4n) is 2.63. The molecular weight excluding hydrogens is 220 g/mol. The van der Waals surface area contributed by atoms with E-state index in [0.717, 1.165) is 19.3 Å². The first-order valence-electron chi connectivity index (χ1n) is 6.57. The van der Waals surface area contributed by atoms with Gasteiger partial charge in [-0.3, -0.25) is 0 Å². The molecule has 0 aromatic rings. The van der Waals surface area contributed by atoms with Crippen molar-refractivity contribution in [3.8, 4) is 0 Å². The van der Waals surface area contributed by atoms with Gasteiger partial charge in [0.05, 0.1) is 38.6 Å². The summed E-state index contributed by atoms with van der Waals surface area (Å²) in [4.78, 5) is 0. The van der Waals surface area contributed by atoms with E-state index in [1.807, 2.05) is 0 Å². The third kappa shape index (κ3) is 3.41. The Morgan fingerprint density at radius 3 is 2.29 bits per heavy atom. The van der Waals surface area contributed by atoms with Gasteiger partial charge in [-0.2, -0.15) is 0 Å². The molecule has 0 bridgehead atoms. The lowest BCUT2D eigenvalue weighted by molar-refractivity contribution is -0.200. The largest absolute Gasteiger partial charge is 0.392 e. The van der Waals surface area contributed by atoms with Gasteiger partial charge >= 0.3 is 0 Å². The minimum absolute atomic E-state index is 0.0213. The van der Waals surface area contributed by atoms with E-state index < -0.39 is 0 Å². The number of ether oxygens (including phenoxy) is 3. The maximum absolute atomic E-state index is 9.87. The van der Waals surface area contributed by atoms with E-state index in [4.69, 9.17) is 14.2 Å². The van der Waals surface area contributed by atoms with Gasteiger partial charge in [0.1, 0.15) is 0 Å². The summed E-state index contributed by atoms with van der Waals surface area (Å²) in [5.41, 5.74) is -0.0213. The molecule has 2 atom stereocenters. The minimum Gasteiger partial charge on any atom is -0.392 e. The second kappa shape index (κ2) is 7.31. The zero-order valence-electron chi connectivity index (χ0n) is 11.3. The molecule has 2 unspecified atom stereocenters. The molecule has 4 nitrogen and oxygen atoms in total. The molecule has 0 radical (unpaired) electrons. The normalized spacial score (nSPS) is 26.8. The zero-order valence-corrected chi connectivity index (χ0v) is 11.3. The van der Waals surface area contributed by atoms with Crippen LogP contribution in [0.25, 0.3) is 0 Å². The van der Waals surface area contributed by atoms with Gasteiger partial charge in [-0.05, 0) is 12.8 Å². The maximum Gasteiger partial charge on any atom is 0.0704 e. The third-order valence-electron chi connectivity index (χ3n) is 4.04. The van der Waals surface area contributed by atoms with Gasteiger partial charge in [0, 0.05) is 18.9 Å². The van der Waals surface area contributed by atoms with Gasteiger partial charge in [0.15, 0.2) is 0 Å². The van der Waals surface area contributed by atoms with E-state index in [2.05, 4.69) is 13.8 Å². The van der Waals surface area contributed by atoms with Crippen molar-refractivity contribution in [3.05, 3.63) is 0 Å². The Balaban J connectivity index is 2.15. The first kappa shape index (κ1) is 14.9. The highest BCUT2D eigenvalue weighted by molar-refractivity contribution is 5.02. The summed E-state index contributed by atoms with van der Waals surface area (Å²) in [6.07, 6.45) is 2.70. The van der Waals surface area contributed by atoms with Crippen LogP contribution in [-0.2, 0) is 14.2 Å². The number of rotatable bonds is 9. The predicted octanol–water partition coefficient (Wildman–Crippen LogP) is 1.61. The van der Waals surface area contributed by atoms with Crippen LogP contribution in [0.5, 0.6) is 0 Å². The predicted molar refractivity (Wildman–Crippen MR) is 66.1 cm³/mol. The molecular formula is C13H26O4. The number of hydrogen-bond donors (Lipinski definition) is 1. The van der Waals surface area contributed by atoms with Crippen molar-refractivity contribution in [1.29, 1.82) is 0 Å². The number of methoxy groups -OCH3 is 1. The molecule has 1 fully saturated rings. The molecule has 1 rings (SSSR count). The van der Waals surface area contributed by atoms with E-state index >= 15 is 0 Å². The molecule has 0 aliphatic heterocycles. The van der Waals surface area contributed by atoms with Gasteiger partial charge in [0.25, 0.3) is 0 Å². The van der Waals surface area contributed by atoms with Crippen molar-refractivity contribution in [3.63, 3.8) is 0 Å². The second-order valence-electron chi connectivity index (χ2n) is 4.66. The van der Waals surface area contributed by atoms with Crippen molar-refractivity contribution < 1.29 is 19.3 Å². The average Bonchev–Trinajstić information content (AvgIpc) is 2.34. The molecule has 1 aliphatic rings. The summed E-state index contributed by atoms with van der Waals surface area (Å²) in [6, 6.07) is 0. The quantitative estimate of drug-likeness (QED) is 0.628. The Kier molecular flexibility index (Phi) is 6.41. The van der Waals surface area contributed by atoms with Crippen LogP contribution in [0.4, 0.5) is 0 Å². The van der Waals surface area contributed by atoms with Gasteiger partial charge in [-0.15, -0.1) is 0 Å². The maximum atomic E-state index is 9.87. The van der Waals surface area contributed by atoms with E-state index in [-0.39, 0.29) is 17.6 Å². The van der Waals surface area contributed by atoms with Crippen LogP contribution in [0.15, 0.2) is 0 Å². The van der Waals surface area contributed by atoms with Crippen LogP contribution < -0.4 is 0 Å². The molecule has 1 N–H and O–H groups in total. The molecule has 1 saturated carbocycles. The summed E-state index contributed by atoms with van der Waals surface area (Å²) in [5.74, 6) is 0. The van der Waals surface area contributed by atoms with Crippen LogP contribution in [0.3, 0.4) is 0 Å². The average molecular weight is 246 g/mol. The van der Waals surface area contributed by atoms with Crippen LogP contribution in [0, 0.1) is 5.41 Å². The zero-order chi connectivity index (χ0) is 12.7. The first-order valence-corrected chi connectivity index (χ1v) is 6.57. The van der Waals surface area contributed by atoms with E-state index in [9.17, 15) is 5.11 Å². The summed E-state index contributed by atoms with van der Waals surface area (Å²) >= 11 is 0. The Morgan fingerprint density at radius 1 is 1.12 bits per heavy atom. The summed E-state index contributed by atoms with van der Waals surface area (Å²) in [5, 5.41) is 9.87. The van der Waals surface area contributed by atoms with Crippen LogP contribution >= 0.6 is 0 Å². The molecule has 0 heterocycles. The molecule has 17 heavy (non-hydrogen) atoms. The van der Waals surface area contributed by atoms with Crippen molar-refractivity contribution >= 4 is 0 Å². The Labute approximate surface area is 104 Å². The fourth-order valence-corrected chi connectivity index (χ4v) is 2.63. The highest BCUT2D eigenvalue weighted by Gasteiger charge is 2.52. The third-order valence-corrected chi connectivity index (χ3v) is 4.04. The van der Waals surface area contributed by atoms with Crippen molar-refractivity contribution in [1.82, 2.24) is 0 Å². The highest BCUT2D eigenvalue weighted by Crippen LogP contribution is 2.48. The highest BCUT2D eigenvalue weighted by atomic mass is 16.5. The van der Waals surface area contributed by atoms with E-state index in [1.54, 1.807) is 7.11 Å². The molecule has 1 aliphatic carbocycles. The summed E-state index contributed by atoms with van der Waals surface area (Å²) in [6.45, 7) is 6.67. The molecule has 0 aromatic carbocycles. The molecule has 0 aromatic heterocycles. The van der Waals surface area contributed by atoms with E-state index in [0.29, 0.717) is 26.4 Å². The SMILES string of the molecule is CCC1(CC)C(O)CC1OCCOCCOC. The van der Waals surface area contributed by atoms with Crippen LogP contribution in [0.2, 0.25) is 0 Å². The summed E-state index contributed by atoms with van der Waals surface area (Å²) < 4.78 is 16.0. The molecule has 0 amide bonds. The number of aliphatic hydroxyl groups excluding tert-OH is 1. The fraction of sp³-hybridized carbons (Fsp3) is 1.00. The van der Waals surface area contributed by atoms with Gasteiger partial charge < -0.3 is 19.3 Å². The Morgan fingerprint density at radius 2 is 1.76 bits per heavy atom. The van der Waals surface area contributed by atoms with Crippen molar-refractivity contribution in [2.45, 2.75) is 45.3 Å². The topological polar surface area (TPSA) is 47.9 Å². The smallest absolute Gasteiger partial charge is 0.0704 e. The van der Waals surface area contributed by atoms with Gasteiger partial charge in [-0.25, -0.2) is 0 Å². The first-order chi connectivity index (χ1) is 8.21. The monoisotopic (exact) mass is 246 g/mol.